The molecule has 0 spiro atoms. The number of ether oxygens (including phenoxy) is 1. The first-order valence-electron chi connectivity index (χ1n) is 6.06. The lowest BCUT2D eigenvalue weighted by molar-refractivity contribution is 0.319. The SMILES string of the molecule is C=CCCOc1cc(C)ncc1CNC(C)C. The second kappa shape index (κ2) is 7.07. The Labute approximate surface area is 104 Å². The van der Waals surface area contributed by atoms with Crippen LogP contribution in [0.15, 0.2) is 24.9 Å². The Bertz CT molecular complexity index is 361. The van der Waals surface area contributed by atoms with Crippen molar-refractivity contribution in [2.24, 2.45) is 0 Å². The lowest BCUT2D eigenvalue weighted by Gasteiger charge is -2.13. The monoisotopic (exact) mass is 234 g/mol. The Morgan fingerprint density at radius 3 is 2.94 bits per heavy atom. The fourth-order valence-electron chi connectivity index (χ4n) is 1.40. The minimum absolute atomic E-state index is 0.456. The largest absolute Gasteiger partial charge is 0.493 e. The number of nitrogens with one attached hydrogen (secondary N) is 1. The molecule has 0 aliphatic heterocycles. The van der Waals surface area contributed by atoms with E-state index in [9.17, 15) is 0 Å². The van der Waals surface area contributed by atoms with Crippen LogP contribution in [0.3, 0.4) is 0 Å². The van der Waals surface area contributed by atoms with Crippen molar-refractivity contribution in [3.63, 3.8) is 0 Å². The van der Waals surface area contributed by atoms with Gasteiger partial charge in [0, 0.05) is 36.1 Å². The summed E-state index contributed by atoms with van der Waals surface area (Å²) in [5, 5.41) is 3.37. The van der Waals surface area contributed by atoms with Crippen LogP contribution in [-0.2, 0) is 6.54 Å². The van der Waals surface area contributed by atoms with Crippen LogP contribution in [0.2, 0.25) is 0 Å². The molecule has 0 saturated heterocycles. The Hall–Kier alpha value is -1.35. The zero-order valence-corrected chi connectivity index (χ0v) is 11.0. The third-order valence-corrected chi connectivity index (χ3v) is 2.36. The van der Waals surface area contributed by atoms with Gasteiger partial charge >= 0.3 is 0 Å². The summed E-state index contributed by atoms with van der Waals surface area (Å²) < 4.78 is 5.74. The Morgan fingerprint density at radius 1 is 1.53 bits per heavy atom. The molecule has 1 rings (SSSR count). The van der Waals surface area contributed by atoms with Gasteiger partial charge in [0.1, 0.15) is 5.75 Å². The van der Waals surface area contributed by atoms with Crippen molar-refractivity contribution in [3.05, 3.63) is 36.2 Å². The highest BCUT2D eigenvalue weighted by Crippen LogP contribution is 2.18. The van der Waals surface area contributed by atoms with Gasteiger partial charge in [0.2, 0.25) is 0 Å². The molecule has 3 heteroatoms. The standard InChI is InChI=1S/C14H22N2O/c1-5-6-7-17-14-8-12(4)16-10-13(14)9-15-11(2)3/h5,8,10-11,15H,1,6-7,9H2,2-4H3. The predicted molar refractivity (Wildman–Crippen MR) is 71.3 cm³/mol. The van der Waals surface area contributed by atoms with E-state index in [-0.39, 0.29) is 0 Å². The van der Waals surface area contributed by atoms with E-state index in [1.807, 2.05) is 25.3 Å². The minimum atomic E-state index is 0.456. The second-order valence-electron chi connectivity index (χ2n) is 4.39. The van der Waals surface area contributed by atoms with E-state index < -0.39 is 0 Å². The highest BCUT2D eigenvalue weighted by atomic mass is 16.5. The highest BCUT2D eigenvalue weighted by Gasteiger charge is 2.05. The van der Waals surface area contributed by atoms with Gasteiger partial charge in [0.15, 0.2) is 0 Å². The number of aromatic nitrogens is 1. The normalized spacial score (nSPS) is 10.6. The van der Waals surface area contributed by atoms with E-state index >= 15 is 0 Å². The van der Waals surface area contributed by atoms with Crippen LogP contribution in [0.5, 0.6) is 5.75 Å². The van der Waals surface area contributed by atoms with Crippen molar-refractivity contribution in [1.82, 2.24) is 10.3 Å². The van der Waals surface area contributed by atoms with Crippen LogP contribution >= 0.6 is 0 Å². The van der Waals surface area contributed by atoms with E-state index in [0.717, 1.165) is 30.0 Å². The molecular weight excluding hydrogens is 212 g/mol. The molecule has 17 heavy (non-hydrogen) atoms. The number of hydrogen-bond acceptors (Lipinski definition) is 3. The van der Waals surface area contributed by atoms with E-state index in [2.05, 4.69) is 30.7 Å². The first-order valence-corrected chi connectivity index (χ1v) is 6.06. The van der Waals surface area contributed by atoms with Gasteiger partial charge in [-0.1, -0.05) is 19.9 Å². The van der Waals surface area contributed by atoms with E-state index in [1.54, 1.807) is 0 Å². The molecule has 1 aromatic rings. The van der Waals surface area contributed by atoms with E-state index in [4.69, 9.17) is 4.74 Å². The molecule has 0 bridgehead atoms. The van der Waals surface area contributed by atoms with Crippen LogP contribution in [0.4, 0.5) is 0 Å². The number of hydrogen-bond donors (Lipinski definition) is 1. The third kappa shape index (κ3) is 5.00. The first-order chi connectivity index (χ1) is 8.13. The zero-order valence-electron chi connectivity index (χ0n) is 11.0. The van der Waals surface area contributed by atoms with Crippen molar-refractivity contribution in [1.29, 1.82) is 0 Å². The Morgan fingerprint density at radius 2 is 2.29 bits per heavy atom. The molecule has 0 aliphatic carbocycles. The molecule has 0 atom stereocenters. The van der Waals surface area contributed by atoms with Crippen molar-refractivity contribution in [2.75, 3.05) is 6.61 Å². The topological polar surface area (TPSA) is 34.1 Å². The van der Waals surface area contributed by atoms with Gasteiger partial charge in [-0.05, 0) is 13.3 Å². The summed E-state index contributed by atoms with van der Waals surface area (Å²) in [6, 6.07) is 2.44. The average Bonchev–Trinajstić information content (AvgIpc) is 2.28. The molecule has 0 radical (unpaired) electrons. The van der Waals surface area contributed by atoms with Crippen molar-refractivity contribution in [2.45, 2.75) is 39.8 Å². The summed E-state index contributed by atoms with van der Waals surface area (Å²) in [5.41, 5.74) is 2.08. The fraction of sp³-hybridized carbons (Fsp3) is 0.500. The van der Waals surface area contributed by atoms with Crippen molar-refractivity contribution in [3.8, 4) is 5.75 Å². The Kier molecular flexibility index (Phi) is 5.70. The van der Waals surface area contributed by atoms with Gasteiger partial charge in [-0.25, -0.2) is 0 Å². The molecule has 0 unspecified atom stereocenters. The van der Waals surface area contributed by atoms with Crippen molar-refractivity contribution < 1.29 is 4.74 Å². The van der Waals surface area contributed by atoms with E-state index in [1.165, 1.54) is 0 Å². The summed E-state index contributed by atoms with van der Waals surface area (Å²) >= 11 is 0. The maximum Gasteiger partial charge on any atom is 0.127 e. The smallest absolute Gasteiger partial charge is 0.127 e. The maximum atomic E-state index is 5.74. The molecule has 0 aromatic carbocycles. The van der Waals surface area contributed by atoms with Gasteiger partial charge in [-0.15, -0.1) is 6.58 Å². The summed E-state index contributed by atoms with van der Waals surface area (Å²) in [4.78, 5) is 4.31. The molecule has 3 nitrogen and oxygen atoms in total. The van der Waals surface area contributed by atoms with Gasteiger partial charge in [0.25, 0.3) is 0 Å². The van der Waals surface area contributed by atoms with Crippen LogP contribution in [-0.4, -0.2) is 17.6 Å². The van der Waals surface area contributed by atoms with Gasteiger partial charge in [0.05, 0.1) is 6.61 Å². The summed E-state index contributed by atoms with van der Waals surface area (Å²) in [7, 11) is 0. The minimum Gasteiger partial charge on any atom is -0.493 e. The van der Waals surface area contributed by atoms with Gasteiger partial charge in [-0.3, -0.25) is 4.98 Å². The maximum absolute atomic E-state index is 5.74. The van der Waals surface area contributed by atoms with Crippen molar-refractivity contribution >= 4 is 0 Å². The van der Waals surface area contributed by atoms with Crippen LogP contribution < -0.4 is 10.1 Å². The quantitative estimate of drug-likeness (QED) is 0.582. The summed E-state index contributed by atoms with van der Waals surface area (Å²) in [5.74, 6) is 0.924. The third-order valence-electron chi connectivity index (χ3n) is 2.36. The van der Waals surface area contributed by atoms with Gasteiger partial charge < -0.3 is 10.1 Å². The summed E-state index contributed by atoms with van der Waals surface area (Å²) in [6.07, 6.45) is 4.60. The number of rotatable bonds is 7. The molecule has 0 fully saturated rings. The molecule has 0 aliphatic rings. The number of nitrogens with zero attached hydrogens (tertiary/aromatic N) is 1. The van der Waals surface area contributed by atoms with Crippen LogP contribution in [0.1, 0.15) is 31.5 Å². The summed E-state index contributed by atoms with van der Waals surface area (Å²) in [6.45, 7) is 11.4. The second-order valence-corrected chi connectivity index (χ2v) is 4.39. The van der Waals surface area contributed by atoms with Gasteiger partial charge in [-0.2, -0.15) is 0 Å². The Balaban J connectivity index is 2.69. The molecule has 1 aromatic heterocycles. The molecule has 1 heterocycles. The van der Waals surface area contributed by atoms with Crippen LogP contribution in [0.25, 0.3) is 0 Å². The number of pyridine rings is 1. The number of aryl methyl sites for hydroxylation is 1. The molecule has 0 saturated carbocycles. The predicted octanol–water partition coefficient (Wildman–Crippen LogP) is 2.84. The van der Waals surface area contributed by atoms with E-state index in [0.29, 0.717) is 12.6 Å². The molecule has 1 N–H and O–H groups in total. The molecule has 94 valence electrons. The molecular formula is C14H22N2O. The lowest BCUT2D eigenvalue weighted by Crippen LogP contribution is -2.22. The van der Waals surface area contributed by atoms with Crippen LogP contribution in [0, 0.1) is 6.92 Å². The molecule has 0 amide bonds. The fourth-order valence-corrected chi connectivity index (χ4v) is 1.40. The average molecular weight is 234 g/mol. The lowest BCUT2D eigenvalue weighted by atomic mass is 10.2. The zero-order chi connectivity index (χ0) is 12.7. The first kappa shape index (κ1) is 13.7. The highest BCUT2D eigenvalue weighted by molar-refractivity contribution is 5.32.